The van der Waals surface area contributed by atoms with Gasteiger partial charge in [0.15, 0.2) is 0 Å². The summed E-state index contributed by atoms with van der Waals surface area (Å²) in [6.45, 7) is 10.6. The lowest BCUT2D eigenvalue weighted by Crippen LogP contribution is -2.61. The van der Waals surface area contributed by atoms with Gasteiger partial charge < -0.3 is 20.9 Å². The summed E-state index contributed by atoms with van der Waals surface area (Å²) in [5, 5.41) is 7.12. The smallest absolute Gasteiger partial charge is 0.356 e. The topological polar surface area (TPSA) is 142 Å². The minimum absolute atomic E-state index is 0.0645. The number of hydrogen-bond acceptors (Lipinski definition) is 6. The van der Waals surface area contributed by atoms with Crippen LogP contribution in [0.1, 0.15) is 63.4 Å². The van der Waals surface area contributed by atoms with E-state index in [1.165, 1.54) is 37.8 Å². The van der Waals surface area contributed by atoms with Crippen molar-refractivity contribution in [3.8, 4) is 0 Å². The fourth-order valence-electron chi connectivity index (χ4n) is 6.49. The fourth-order valence-corrected chi connectivity index (χ4v) is 6.49. The van der Waals surface area contributed by atoms with Crippen molar-refractivity contribution in [1.29, 1.82) is 0 Å². The first kappa shape index (κ1) is 33.1. The van der Waals surface area contributed by atoms with Gasteiger partial charge in [-0.2, -0.15) is 13.2 Å². The van der Waals surface area contributed by atoms with E-state index in [0.717, 1.165) is 5.56 Å². The first-order chi connectivity index (χ1) is 20.2. The van der Waals surface area contributed by atoms with E-state index in [4.69, 9.17) is 0 Å². The Hall–Kier alpha value is -3.77. The van der Waals surface area contributed by atoms with Crippen molar-refractivity contribution in [3.63, 3.8) is 0 Å². The first-order valence-corrected chi connectivity index (χ1v) is 14.7. The zero-order chi connectivity index (χ0) is 32.9. The molecule has 0 aromatic heterocycles. The Bertz CT molecular complexity index is 1370. The quantitative estimate of drug-likeness (QED) is 0.286. The highest BCUT2D eigenvalue weighted by Crippen LogP contribution is 2.65. The van der Waals surface area contributed by atoms with Gasteiger partial charge in [-0.3, -0.25) is 28.8 Å². The van der Waals surface area contributed by atoms with Gasteiger partial charge in [-0.25, -0.2) is 0 Å². The number of piperidine rings is 1. The second-order valence-electron chi connectivity index (χ2n) is 13.8. The number of aryl methyl sites for hydroxylation is 1. The maximum Gasteiger partial charge on any atom is 0.471 e. The molecule has 2 saturated heterocycles. The third kappa shape index (κ3) is 6.51. The van der Waals surface area contributed by atoms with Crippen molar-refractivity contribution in [2.75, 3.05) is 13.1 Å². The number of carbonyl (C=O) groups is 6. The maximum atomic E-state index is 14.0. The molecular formula is C31H39F3N4O6. The van der Waals surface area contributed by atoms with Crippen LogP contribution in [-0.2, 0) is 24.0 Å². The van der Waals surface area contributed by atoms with Gasteiger partial charge in [0.05, 0.1) is 6.04 Å². The Balaban J connectivity index is 1.62. The Morgan fingerprint density at radius 3 is 2.18 bits per heavy atom. The van der Waals surface area contributed by atoms with Crippen LogP contribution in [0.5, 0.6) is 0 Å². The number of rotatable bonds is 9. The lowest BCUT2D eigenvalue weighted by Gasteiger charge is -2.38. The maximum absolute atomic E-state index is 14.0. The molecule has 4 rings (SSSR count). The van der Waals surface area contributed by atoms with Crippen LogP contribution in [0.25, 0.3) is 0 Å². The second-order valence-corrected chi connectivity index (χ2v) is 13.8. The van der Waals surface area contributed by atoms with E-state index in [9.17, 15) is 41.9 Å². The third-order valence-corrected chi connectivity index (χ3v) is 9.26. The molecule has 3 N–H and O–H groups in total. The summed E-state index contributed by atoms with van der Waals surface area (Å²) >= 11 is 0. The molecule has 2 heterocycles. The molecule has 3 fully saturated rings. The van der Waals surface area contributed by atoms with Crippen molar-refractivity contribution < 1.29 is 41.9 Å². The molecule has 1 saturated carbocycles. The van der Waals surface area contributed by atoms with Crippen LogP contribution < -0.4 is 16.0 Å². The number of halogens is 3. The molecule has 2 unspecified atom stereocenters. The predicted molar refractivity (Wildman–Crippen MR) is 152 cm³/mol. The highest BCUT2D eigenvalue weighted by atomic mass is 19.4. The largest absolute Gasteiger partial charge is 0.471 e. The number of Topliss-reactive ketones (excluding diaryl/α,β-unsaturated/α-hetero) is 2. The number of nitrogens with zero attached hydrogens (tertiary/aromatic N) is 1. The number of amides is 4. The Morgan fingerprint density at radius 1 is 1.05 bits per heavy atom. The molecule has 3 aliphatic rings. The van der Waals surface area contributed by atoms with Gasteiger partial charge in [0.25, 0.3) is 0 Å². The SMILES string of the molecule is Cc1ccc(C(=O)C(=O)[C@H](C[C@@H]2CCNC2=O)NC(=O)C2[C@@H]3[C@H](CN2C(=O)C(NC(=O)C(F)(F)F)C(C)(C)C)C3(C)C)cc1. The molecule has 0 radical (unpaired) electrons. The van der Waals surface area contributed by atoms with E-state index in [-0.39, 0.29) is 41.7 Å². The highest BCUT2D eigenvalue weighted by molar-refractivity contribution is 6.45. The van der Waals surface area contributed by atoms with Crippen LogP contribution in [0.2, 0.25) is 0 Å². The van der Waals surface area contributed by atoms with Gasteiger partial charge in [-0.15, -0.1) is 0 Å². The molecule has 1 aromatic carbocycles. The Morgan fingerprint density at radius 2 is 1.66 bits per heavy atom. The van der Waals surface area contributed by atoms with Crippen LogP contribution in [0, 0.1) is 35.5 Å². The van der Waals surface area contributed by atoms with Gasteiger partial charge >= 0.3 is 12.1 Å². The summed E-state index contributed by atoms with van der Waals surface area (Å²) < 4.78 is 39.4. The summed E-state index contributed by atoms with van der Waals surface area (Å²) in [5.74, 6) is -7.11. The van der Waals surface area contributed by atoms with Gasteiger partial charge in [-0.05, 0) is 42.4 Å². The minimum atomic E-state index is -5.22. The summed E-state index contributed by atoms with van der Waals surface area (Å²) in [6.07, 6.45) is -4.96. The summed E-state index contributed by atoms with van der Waals surface area (Å²) in [5.41, 5.74) is -0.538. The van der Waals surface area contributed by atoms with Gasteiger partial charge in [0.2, 0.25) is 29.3 Å². The number of hydrogen-bond donors (Lipinski definition) is 3. The average molecular weight is 621 g/mol. The molecule has 2 aliphatic heterocycles. The number of nitrogens with one attached hydrogen (secondary N) is 3. The summed E-state index contributed by atoms with van der Waals surface area (Å²) in [7, 11) is 0. The van der Waals surface area contributed by atoms with Gasteiger partial charge in [-0.1, -0.05) is 64.4 Å². The monoisotopic (exact) mass is 620 g/mol. The molecular weight excluding hydrogens is 581 g/mol. The fraction of sp³-hybridized carbons (Fsp3) is 0.613. The second kappa shape index (κ2) is 11.6. The molecule has 0 bridgehead atoms. The van der Waals surface area contributed by atoms with Crippen molar-refractivity contribution in [1.82, 2.24) is 20.9 Å². The molecule has 13 heteroatoms. The van der Waals surface area contributed by atoms with Crippen LogP contribution in [0.15, 0.2) is 24.3 Å². The van der Waals surface area contributed by atoms with E-state index in [0.29, 0.717) is 13.0 Å². The molecule has 1 aromatic rings. The highest BCUT2D eigenvalue weighted by Gasteiger charge is 2.70. The molecule has 4 amide bonds. The molecule has 44 heavy (non-hydrogen) atoms. The first-order valence-electron chi connectivity index (χ1n) is 14.7. The number of fused-ring (bicyclic) bond motifs is 1. The van der Waals surface area contributed by atoms with Crippen molar-refractivity contribution in [2.45, 2.75) is 78.7 Å². The number of alkyl halides is 3. The van der Waals surface area contributed by atoms with E-state index >= 15 is 0 Å². The molecule has 6 atom stereocenters. The van der Waals surface area contributed by atoms with Crippen LogP contribution in [-0.4, -0.2) is 77.5 Å². The van der Waals surface area contributed by atoms with Crippen LogP contribution in [0.4, 0.5) is 13.2 Å². The van der Waals surface area contributed by atoms with Crippen LogP contribution in [0.3, 0.4) is 0 Å². The van der Waals surface area contributed by atoms with E-state index in [2.05, 4.69) is 10.6 Å². The minimum Gasteiger partial charge on any atom is -0.356 e. The predicted octanol–water partition coefficient (Wildman–Crippen LogP) is 2.33. The Kier molecular flexibility index (Phi) is 8.75. The van der Waals surface area contributed by atoms with E-state index in [1.54, 1.807) is 17.4 Å². The van der Waals surface area contributed by atoms with Gasteiger partial charge in [0, 0.05) is 24.6 Å². The number of ketones is 2. The lowest BCUT2D eigenvalue weighted by atomic mass is 9.85. The average Bonchev–Trinajstić information content (AvgIpc) is 3.26. The van der Waals surface area contributed by atoms with Crippen LogP contribution >= 0.6 is 0 Å². The standard InChI is InChI=1S/C31H39F3N4O6/c1-15-7-9-16(10-8-15)22(39)23(40)19(13-17-11-12-35-25(17)41)36-26(42)21-20-18(30(20,5)6)14-38(21)27(43)24(29(2,3)4)37-28(44)31(32,33)34/h7-10,17-21,24H,11-14H2,1-6H3,(H,35,41)(H,36,42)(H,37,44)/t17-,18-,19-,20-,21?,24?/m0/s1. The molecule has 0 spiro atoms. The Labute approximate surface area is 253 Å². The number of carbonyl (C=O) groups excluding carboxylic acids is 6. The van der Waals surface area contributed by atoms with E-state index < -0.39 is 64.9 Å². The van der Waals surface area contributed by atoms with Crippen molar-refractivity contribution in [2.24, 2.45) is 28.6 Å². The number of benzene rings is 1. The normalized spacial score (nSPS) is 25.4. The van der Waals surface area contributed by atoms with Gasteiger partial charge in [0.1, 0.15) is 12.1 Å². The number of likely N-dealkylation sites (tertiary alicyclic amines) is 1. The molecule has 240 valence electrons. The lowest BCUT2D eigenvalue weighted by molar-refractivity contribution is -0.176. The van der Waals surface area contributed by atoms with Crippen molar-refractivity contribution in [3.05, 3.63) is 35.4 Å². The molecule has 10 nitrogen and oxygen atoms in total. The third-order valence-electron chi connectivity index (χ3n) is 9.26. The summed E-state index contributed by atoms with van der Waals surface area (Å²) in [4.78, 5) is 79.9. The summed E-state index contributed by atoms with van der Waals surface area (Å²) in [6, 6.07) is 2.16. The van der Waals surface area contributed by atoms with E-state index in [1.807, 2.05) is 20.8 Å². The zero-order valence-corrected chi connectivity index (χ0v) is 25.6. The zero-order valence-electron chi connectivity index (χ0n) is 25.6. The molecule has 1 aliphatic carbocycles. The van der Waals surface area contributed by atoms with Crippen molar-refractivity contribution >= 4 is 35.2 Å².